The molecule has 0 aliphatic carbocycles. The van der Waals surface area contributed by atoms with Gasteiger partial charge in [-0.2, -0.15) is 4.98 Å². The van der Waals surface area contributed by atoms with Crippen molar-refractivity contribution in [1.29, 1.82) is 0 Å². The molecule has 1 aromatic heterocycles. The fourth-order valence-corrected chi connectivity index (χ4v) is 2.52. The Balaban J connectivity index is 1.96. The summed E-state index contributed by atoms with van der Waals surface area (Å²) in [4.78, 5) is 15.3. The van der Waals surface area contributed by atoms with Gasteiger partial charge in [0.05, 0.1) is 6.61 Å². The second-order valence-corrected chi connectivity index (χ2v) is 4.65. The van der Waals surface area contributed by atoms with E-state index in [9.17, 15) is 9.18 Å². The SMILES string of the molecule is CC[C@]12CO[C@H]1[C@@H](F)[C@H](n1ccc(N)nc1=O)O2. The van der Waals surface area contributed by atoms with Crippen molar-refractivity contribution >= 4 is 5.82 Å². The number of nitrogen functional groups attached to an aromatic ring is 1. The van der Waals surface area contributed by atoms with Gasteiger partial charge < -0.3 is 15.2 Å². The topological polar surface area (TPSA) is 79.4 Å². The van der Waals surface area contributed by atoms with Crippen LogP contribution in [0.3, 0.4) is 0 Å². The van der Waals surface area contributed by atoms with Crippen molar-refractivity contribution in [3.8, 4) is 0 Å². The van der Waals surface area contributed by atoms with E-state index in [2.05, 4.69) is 4.98 Å². The van der Waals surface area contributed by atoms with Gasteiger partial charge in [-0.25, -0.2) is 9.18 Å². The van der Waals surface area contributed by atoms with E-state index >= 15 is 0 Å². The van der Waals surface area contributed by atoms with Crippen molar-refractivity contribution in [2.75, 3.05) is 12.3 Å². The number of alkyl halides is 1. The van der Waals surface area contributed by atoms with Crippen LogP contribution in [0.4, 0.5) is 10.2 Å². The molecule has 0 bridgehead atoms. The first-order valence-corrected chi connectivity index (χ1v) is 5.85. The van der Waals surface area contributed by atoms with Crippen LogP contribution in [-0.2, 0) is 9.47 Å². The van der Waals surface area contributed by atoms with Crippen LogP contribution in [0.15, 0.2) is 17.1 Å². The van der Waals surface area contributed by atoms with Crippen LogP contribution < -0.4 is 11.4 Å². The van der Waals surface area contributed by atoms with E-state index in [4.69, 9.17) is 15.2 Å². The molecule has 4 atom stereocenters. The lowest BCUT2D eigenvalue weighted by atomic mass is 9.89. The number of ether oxygens (including phenoxy) is 2. The molecule has 2 saturated heterocycles. The van der Waals surface area contributed by atoms with Crippen LogP contribution in [0.25, 0.3) is 0 Å². The van der Waals surface area contributed by atoms with Crippen molar-refractivity contribution in [3.63, 3.8) is 0 Å². The first-order valence-electron chi connectivity index (χ1n) is 5.85. The Morgan fingerprint density at radius 3 is 3.00 bits per heavy atom. The van der Waals surface area contributed by atoms with Crippen molar-refractivity contribution in [1.82, 2.24) is 9.55 Å². The van der Waals surface area contributed by atoms with Gasteiger partial charge in [-0.1, -0.05) is 6.92 Å². The number of nitrogens with zero attached hydrogens (tertiary/aromatic N) is 2. The minimum atomic E-state index is -1.37. The average molecular weight is 255 g/mol. The first kappa shape index (κ1) is 11.6. The lowest BCUT2D eigenvalue weighted by Crippen LogP contribution is -2.57. The summed E-state index contributed by atoms with van der Waals surface area (Å²) in [5, 5.41) is 0. The van der Waals surface area contributed by atoms with E-state index in [0.29, 0.717) is 13.0 Å². The molecule has 0 unspecified atom stereocenters. The molecule has 3 heterocycles. The summed E-state index contributed by atoms with van der Waals surface area (Å²) in [6, 6.07) is 1.44. The van der Waals surface area contributed by atoms with E-state index in [1.165, 1.54) is 12.3 Å². The molecule has 98 valence electrons. The van der Waals surface area contributed by atoms with E-state index in [0.717, 1.165) is 4.57 Å². The van der Waals surface area contributed by atoms with Gasteiger partial charge in [-0.3, -0.25) is 4.57 Å². The molecule has 6 nitrogen and oxygen atoms in total. The molecule has 18 heavy (non-hydrogen) atoms. The minimum absolute atomic E-state index is 0.106. The van der Waals surface area contributed by atoms with Crippen molar-refractivity contribution < 1.29 is 13.9 Å². The Kier molecular flexibility index (Phi) is 2.43. The maximum absolute atomic E-state index is 14.2. The highest BCUT2D eigenvalue weighted by molar-refractivity contribution is 5.23. The van der Waals surface area contributed by atoms with Crippen molar-refractivity contribution in [2.45, 2.75) is 37.4 Å². The Bertz CT molecular complexity index is 531. The van der Waals surface area contributed by atoms with E-state index in [1.807, 2.05) is 6.92 Å². The van der Waals surface area contributed by atoms with E-state index in [-0.39, 0.29) is 5.82 Å². The molecule has 7 heteroatoms. The van der Waals surface area contributed by atoms with Gasteiger partial charge in [-0.15, -0.1) is 0 Å². The number of aromatic nitrogens is 2. The molecule has 3 rings (SSSR count). The molecule has 2 N–H and O–H groups in total. The fraction of sp³-hybridized carbons (Fsp3) is 0.636. The third-order valence-electron chi connectivity index (χ3n) is 3.67. The number of nitrogens with two attached hydrogens (primary N) is 1. The van der Waals surface area contributed by atoms with Gasteiger partial charge in [0.25, 0.3) is 0 Å². The number of hydrogen-bond donors (Lipinski definition) is 1. The molecule has 1 aromatic rings. The van der Waals surface area contributed by atoms with Crippen LogP contribution in [0.1, 0.15) is 19.6 Å². The zero-order valence-electron chi connectivity index (χ0n) is 9.88. The molecular formula is C11H14FN3O3. The highest BCUT2D eigenvalue weighted by Crippen LogP contribution is 2.48. The van der Waals surface area contributed by atoms with E-state index < -0.39 is 29.8 Å². The smallest absolute Gasteiger partial charge is 0.351 e. The van der Waals surface area contributed by atoms with Crippen LogP contribution in [-0.4, -0.2) is 34.0 Å². The molecule has 0 saturated carbocycles. The standard InChI is InChI=1S/C11H14FN3O3/c1-2-11-5-17-8(11)7(12)9(18-11)15-4-3-6(13)14-10(15)16/h3-4,7-9H,2,5H2,1H3,(H2,13,14,16)/t7-,8+,9-,11+/m1/s1. The number of anilines is 1. The quantitative estimate of drug-likeness (QED) is 0.819. The lowest BCUT2D eigenvalue weighted by molar-refractivity contribution is -0.231. The Morgan fingerprint density at radius 1 is 1.72 bits per heavy atom. The Labute approximate surface area is 103 Å². The van der Waals surface area contributed by atoms with Gasteiger partial charge in [0.15, 0.2) is 12.4 Å². The summed E-state index contributed by atoms with van der Waals surface area (Å²) < 4.78 is 26.3. The number of fused-ring (bicyclic) bond motifs is 1. The van der Waals surface area contributed by atoms with Gasteiger partial charge in [0.1, 0.15) is 17.5 Å². The van der Waals surface area contributed by atoms with Crippen molar-refractivity contribution in [2.24, 2.45) is 0 Å². The maximum atomic E-state index is 14.2. The monoisotopic (exact) mass is 255 g/mol. The van der Waals surface area contributed by atoms with Crippen LogP contribution in [0.2, 0.25) is 0 Å². The second kappa shape index (κ2) is 3.76. The fourth-order valence-electron chi connectivity index (χ4n) is 2.52. The Morgan fingerprint density at radius 2 is 2.50 bits per heavy atom. The van der Waals surface area contributed by atoms with Gasteiger partial charge in [-0.05, 0) is 12.5 Å². The summed E-state index contributed by atoms with van der Waals surface area (Å²) in [7, 11) is 0. The molecule has 0 aromatic carbocycles. The normalized spacial score (nSPS) is 38.2. The molecule has 0 spiro atoms. The maximum Gasteiger partial charge on any atom is 0.351 e. The molecule has 2 aliphatic rings. The lowest BCUT2D eigenvalue weighted by Gasteiger charge is -2.42. The third-order valence-corrected chi connectivity index (χ3v) is 3.67. The zero-order chi connectivity index (χ0) is 12.9. The van der Waals surface area contributed by atoms with Gasteiger partial charge in [0.2, 0.25) is 0 Å². The summed E-state index contributed by atoms with van der Waals surface area (Å²) >= 11 is 0. The summed E-state index contributed by atoms with van der Waals surface area (Å²) in [6.07, 6.45) is -0.918. The van der Waals surface area contributed by atoms with Crippen LogP contribution in [0, 0.1) is 0 Å². The van der Waals surface area contributed by atoms with Gasteiger partial charge >= 0.3 is 5.69 Å². The predicted molar refractivity (Wildman–Crippen MR) is 60.7 cm³/mol. The first-order chi connectivity index (χ1) is 8.57. The third kappa shape index (κ3) is 1.40. The van der Waals surface area contributed by atoms with Gasteiger partial charge in [0, 0.05) is 6.20 Å². The largest absolute Gasteiger partial charge is 0.383 e. The number of halogens is 1. The zero-order valence-corrected chi connectivity index (χ0v) is 9.88. The highest BCUT2D eigenvalue weighted by Gasteiger charge is 2.62. The second-order valence-electron chi connectivity index (χ2n) is 4.65. The average Bonchev–Trinajstić information content (AvgIpc) is 2.48. The van der Waals surface area contributed by atoms with Crippen LogP contribution >= 0.6 is 0 Å². The molecule has 0 amide bonds. The van der Waals surface area contributed by atoms with Crippen molar-refractivity contribution in [3.05, 3.63) is 22.7 Å². The van der Waals surface area contributed by atoms with Crippen LogP contribution in [0.5, 0.6) is 0 Å². The molecule has 2 fully saturated rings. The number of rotatable bonds is 2. The molecular weight excluding hydrogens is 241 g/mol. The predicted octanol–water partition coefficient (Wildman–Crippen LogP) is 0.240. The summed E-state index contributed by atoms with van der Waals surface area (Å²) in [6.45, 7) is 2.27. The highest BCUT2D eigenvalue weighted by atomic mass is 19.1. The number of hydrogen-bond acceptors (Lipinski definition) is 5. The van der Waals surface area contributed by atoms with E-state index in [1.54, 1.807) is 0 Å². The minimum Gasteiger partial charge on any atom is -0.383 e. The summed E-state index contributed by atoms with van der Waals surface area (Å²) in [5.74, 6) is 0.106. The molecule has 0 radical (unpaired) electrons. The summed E-state index contributed by atoms with van der Waals surface area (Å²) in [5.41, 5.74) is 4.17. The molecule has 2 aliphatic heterocycles. The Hall–Kier alpha value is -1.47.